The summed E-state index contributed by atoms with van der Waals surface area (Å²) < 4.78 is 48.8. The maximum absolute atomic E-state index is 13.1. The van der Waals surface area contributed by atoms with Crippen molar-refractivity contribution in [3.05, 3.63) is 24.7 Å². The molecular formula is C18H18FN5O3. The summed E-state index contributed by atoms with van der Waals surface area (Å²) >= 11 is 0. The Bertz CT molecular complexity index is 1110. The SMILES string of the molecule is [2H]C([2H])([2H])n1c(-c2c(OC)ncnc2OC)cc2cc(NC(=O)[C@@H]3C[C@@H]3F)ncc21. The van der Waals surface area contributed by atoms with Crippen LogP contribution in [0.4, 0.5) is 10.2 Å². The third-order valence-corrected chi connectivity index (χ3v) is 4.41. The maximum atomic E-state index is 13.1. The molecule has 0 radical (unpaired) electrons. The summed E-state index contributed by atoms with van der Waals surface area (Å²) in [5, 5.41) is 3.06. The Morgan fingerprint density at radius 1 is 1.30 bits per heavy atom. The number of pyridine rings is 1. The number of rotatable bonds is 5. The van der Waals surface area contributed by atoms with E-state index in [1.807, 2.05) is 0 Å². The molecule has 140 valence electrons. The van der Waals surface area contributed by atoms with Crippen molar-refractivity contribution in [2.24, 2.45) is 12.9 Å². The molecule has 0 aliphatic heterocycles. The molecule has 0 spiro atoms. The monoisotopic (exact) mass is 374 g/mol. The third kappa shape index (κ3) is 2.94. The minimum atomic E-state index is -2.56. The molecule has 0 bridgehead atoms. The van der Waals surface area contributed by atoms with Crippen LogP contribution in [0.25, 0.3) is 22.2 Å². The van der Waals surface area contributed by atoms with Crippen LogP contribution in [0.15, 0.2) is 24.7 Å². The molecule has 3 aromatic heterocycles. The van der Waals surface area contributed by atoms with Gasteiger partial charge in [0.25, 0.3) is 0 Å². The van der Waals surface area contributed by atoms with Crippen LogP contribution in [-0.2, 0) is 11.8 Å². The summed E-state index contributed by atoms with van der Waals surface area (Å²) in [6.45, 7) is -2.56. The molecule has 2 atom stereocenters. The first kappa shape index (κ1) is 13.9. The van der Waals surface area contributed by atoms with E-state index >= 15 is 0 Å². The number of fused-ring (bicyclic) bond motifs is 1. The Kier molecular flexibility index (Phi) is 3.34. The van der Waals surface area contributed by atoms with Crippen LogP contribution in [0.3, 0.4) is 0 Å². The van der Waals surface area contributed by atoms with Gasteiger partial charge in [0.2, 0.25) is 17.7 Å². The van der Waals surface area contributed by atoms with Crippen molar-refractivity contribution < 1.29 is 22.8 Å². The second-order valence-electron chi connectivity index (χ2n) is 6.11. The fourth-order valence-corrected chi connectivity index (χ4v) is 2.90. The lowest BCUT2D eigenvalue weighted by molar-refractivity contribution is -0.117. The van der Waals surface area contributed by atoms with Crippen molar-refractivity contribution in [2.45, 2.75) is 12.6 Å². The lowest BCUT2D eigenvalue weighted by Crippen LogP contribution is -2.15. The zero-order valence-corrected chi connectivity index (χ0v) is 14.6. The molecule has 1 amide bonds. The summed E-state index contributed by atoms with van der Waals surface area (Å²) in [6, 6.07) is 3.12. The van der Waals surface area contributed by atoms with Gasteiger partial charge in [0.1, 0.15) is 23.9 Å². The third-order valence-electron chi connectivity index (χ3n) is 4.41. The Hall–Kier alpha value is -3.23. The summed E-state index contributed by atoms with van der Waals surface area (Å²) in [4.78, 5) is 24.2. The minimum absolute atomic E-state index is 0.138. The molecule has 1 aliphatic rings. The van der Waals surface area contributed by atoms with Gasteiger partial charge in [-0.25, -0.2) is 19.3 Å². The number of alkyl halides is 1. The van der Waals surface area contributed by atoms with E-state index < -0.39 is 25.0 Å². The number of anilines is 1. The van der Waals surface area contributed by atoms with Gasteiger partial charge in [-0.3, -0.25) is 4.79 Å². The molecule has 3 heterocycles. The minimum Gasteiger partial charge on any atom is -0.480 e. The Morgan fingerprint density at radius 3 is 2.59 bits per heavy atom. The molecule has 0 unspecified atom stereocenters. The van der Waals surface area contributed by atoms with E-state index in [1.54, 1.807) is 6.07 Å². The van der Waals surface area contributed by atoms with Crippen molar-refractivity contribution in [1.82, 2.24) is 19.5 Å². The molecule has 9 heteroatoms. The number of aromatic nitrogens is 4. The van der Waals surface area contributed by atoms with E-state index in [1.165, 1.54) is 32.8 Å². The molecule has 1 fully saturated rings. The van der Waals surface area contributed by atoms with Crippen LogP contribution in [-0.4, -0.2) is 45.8 Å². The normalized spacial score (nSPS) is 20.5. The van der Waals surface area contributed by atoms with Crippen LogP contribution >= 0.6 is 0 Å². The Morgan fingerprint density at radius 2 is 2.00 bits per heavy atom. The summed E-state index contributed by atoms with van der Waals surface area (Å²) in [5.41, 5.74) is 0.792. The predicted molar refractivity (Wildman–Crippen MR) is 96.5 cm³/mol. The van der Waals surface area contributed by atoms with E-state index in [0.29, 0.717) is 10.9 Å². The number of nitrogens with zero attached hydrogens (tertiary/aromatic N) is 4. The number of aryl methyl sites for hydroxylation is 1. The number of hydrogen-bond acceptors (Lipinski definition) is 6. The van der Waals surface area contributed by atoms with Crippen molar-refractivity contribution in [3.63, 3.8) is 0 Å². The van der Waals surface area contributed by atoms with Crippen LogP contribution in [0, 0.1) is 5.92 Å². The molecule has 1 saturated carbocycles. The van der Waals surface area contributed by atoms with E-state index in [0.717, 1.165) is 4.57 Å². The standard InChI is InChI=1S/C18H18FN5O3/c1-24-12(15-17(26-2)21-8-22-18(15)27-3)4-9-5-14(20-7-13(9)24)23-16(25)10-6-11(10)19/h4-5,7-8,10-11H,6H2,1-3H3,(H,20,23,25)/t10-,11+/m1/s1/i1D3. The van der Waals surface area contributed by atoms with Crippen LogP contribution in [0.5, 0.6) is 11.8 Å². The molecule has 0 saturated heterocycles. The largest absolute Gasteiger partial charge is 0.480 e. The highest BCUT2D eigenvalue weighted by Crippen LogP contribution is 2.38. The zero-order valence-electron chi connectivity index (χ0n) is 17.6. The number of hydrogen-bond donors (Lipinski definition) is 1. The average Bonchev–Trinajstić information content (AvgIpc) is 3.31. The van der Waals surface area contributed by atoms with Crippen LogP contribution in [0.1, 0.15) is 10.5 Å². The number of nitrogens with one attached hydrogen (secondary N) is 1. The average molecular weight is 374 g/mol. The number of halogens is 1. The predicted octanol–water partition coefficient (Wildman–Crippen LogP) is 2.34. The van der Waals surface area contributed by atoms with Gasteiger partial charge >= 0.3 is 0 Å². The second kappa shape index (κ2) is 6.49. The molecule has 0 aromatic carbocycles. The van der Waals surface area contributed by atoms with Gasteiger partial charge < -0.3 is 19.4 Å². The quantitative estimate of drug-likeness (QED) is 0.737. The van der Waals surface area contributed by atoms with Crippen molar-refractivity contribution in [2.75, 3.05) is 19.5 Å². The maximum Gasteiger partial charge on any atom is 0.231 e. The summed E-state index contributed by atoms with van der Waals surface area (Å²) in [7, 11) is 2.80. The van der Waals surface area contributed by atoms with Crippen molar-refractivity contribution in [1.29, 1.82) is 0 Å². The summed E-state index contributed by atoms with van der Waals surface area (Å²) in [6.07, 6.45) is 1.65. The molecule has 1 N–H and O–H groups in total. The Labute approximate surface area is 158 Å². The fourth-order valence-electron chi connectivity index (χ4n) is 2.90. The van der Waals surface area contributed by atoms with Crippen molar-refractivity contribution in [3.8, 4) is 23.0 Å². The zero-order chi connectivity index (χ0) is 21.6. The van der Waals surface area contributed by atoms with E-state index in [2.05, 4.69) is 20.3 Å². The number of ether oxygens (including phenoxy) is 2. The fraction of sp³-hybridized carbons (Fsp3) is 0.333. The first-order chi connectivity index (χ1) is 14.2. The van der Waals surface area contributed by atoms with Gasteiger partial charge in [-0.1, -0.05) is 0 Å². The van der Waals surface area contributed by atoms with E-state index in [4.69, 9.17) is 13.6 Å². The van der Waals surface area contributed by atoms with Gasteiger partial charge in [-0.15, -0.1) is 0 Å². The first-order valence-electron chi connectivity index (χ1n) is 9.65. The number of carbonyl (C=O) groups is 1. The molecule has 27 heavy (non-hydrogen) atoms. The first-order valence-corrected chi connectivity index (χ1v) is 8.15. The van der Waals surface area contributed by atoms with Gasteiger partial charge in [0, 0.05) is 16.5 Å². The van der Waals surface area contributed by atoms with Gasteiger partial charge in [-0.05, 0) is 18.6 Å². The highest BCUT2D eigenvalue weighted by Gasteiger charge is 2.43. The molecular weight excluding hydrogens is 353 g/mol. The molecule has 3 aromatic rings. The number of carbonyl (C=O) groups excluding carboxylic acids is 1. The lowest BCUT2D eigenvalue weighted by Gasteiger charge is -2.11. The van der Waals surface area contributed by atoms with Crippen LogP contribution < -0.4 is 14.8 Å². The van der Waals surface area contributed by atoms with Gasteiger partial charge in [0.05, 0.1) is 37.5 Å². The second-order valence-corrected chi connectivity index (χ2v) is 6.11. The van der Waals surface area contributed by atoms with Crippen molar-refractivity contribution >= 4 is 22.6 Å². The highest BCUT2D eigenvalue weighted by atomic mass is 19.1. The highest BCUT2D eigenvalue weighted by molar-refractivity contribution is 5.96. The Balaban J connectivity index is 1.87. The number of amides is 1. The molecule has 8 nitrogen and oxygen atoms in total. The summed E-state index contributed by atoms with van der Waals surface area (Å²) in [5.74, 6) is -0.646. The lowest BCUT2D eigenvalue weighted by atomic mass is 10.2. The number of methoxy groups -OCH3 is 2. The van der Waals surface area contributed by atoms with Crippen LogP contribution in [0.2, 0.25) is 0 Å². The molecule has 1 aliphatic carbocycles. The van der Waals surface area contributed by atoms with E-state index in [-0.39, 0.29) is 35.3 Å². The van der Waals surface area contributed by atoms with Gasteiger partial charge in [-0.2, -0.15) is 0 Å². The van der Waals surface area contributed by atoms with Gasteiger partial charge in [0.15, 0.2) is 0 Å². The smallest absolute Gasteiger partial charge is 0.231 e. The van der Waals surface area contributed by atoms with E-state index in [9.17, 15) is 9.18 Å². The topological polar surface area (TPSA) is 91.2 Å². The molecule has 4 rings (SSSR count).